The van der Waals surface area contributed by atoms with Crippen LogP contribution in [0.25, 0.3) is 0 Å². The van der Waals surface area contributed by atoms with E-state index in [2.05, 4.69) is 37.6 Å². The largest absolute Gasteiger partial charge is 0.416 e. The smallest absolute Gasteiger partial charge is 0.347 e. The Balaban J connectivity index is 1.77. The molecule has 1 fully saturated rings. The molecule has 0 spiro atoms. The van der Waals surface area contributed by atoms with Gasteiger partial charge in [-0.3, -0.25) is 9.21 Å². The zero-order chi connectivity index (χ0) is 22.4. The van der Waals surface area contributed by atoms with Crippen LogP contribution in [0.5, 0.6) is 0 Å². The summed E-state index contributed by atoms with van der Waals surface area (Å²) in [6.07, 6.45) is -2.04. The fourth-order valence-electron chi connectivity index (χ4n) is 4.18. The van der Waals surface area contributed by atoms with Crippen molar-refractivity contribution in [3.8, 4) is 0 Å². The van der Waals surface area contributed by atoms with Gasteiger partial charge in [0.1, 0.15) is 0 Å². The van der Waals surface area contributed by atoms with Crippen LogP contribution < -0.4 is 9.21 Å². The third kappa shape index (κ3) is 4.27. The maximum atomic E-state index is 13.5. The van der Waals surface area contributed by atoms with Gasteiger partial charge in [0.25, 0.3) is 10.0 Å². The lowest BCUT2D eigenvalue weighted by Gasteiger charge is -2.48. The summed E-state index contributed by atoms with van der Waals surface area (Å²) in [5, 5.41) is 0. The number of aromatic nitrogens is 1. The van der Waals surface area contributed by atoms with Crippen molar-refractivity contribution >= 4 is 37.5 Å². The number of pyridine rings is 1. The van der Waals surface area contributed by atoms with E-state index in [0.717, 1.165) is 31.6 Å². The molecule has 168 valence electrons. The summed E-state index contributed by atoms with van der Waals surface area (Å²) in [6, 6.07) is 5.40. The Bertz CT molecular complexity index is 1080. The molecule has 1 saturated heterocycles. The van der Waals surface area contributed by atoms with Crippen LogP contribution in [0.2, 0.25) is 0 Å². The molecule has 1 aromatic carbocycles. The topological polar surface area (TPSA) is 56.8 Å². The van der Waals surface area contributed by atoms with E-state index in [1.807, 2.05) is 0 Å². The number of fused-ring (bicyclic) bond motifs is 3. The van der Waals surface area contributed by atoms with E-state index in [9.17, 15) is 21.6 Å². The second kappa shape index (κ2) is 8.25. The normalized spacial score (nSPS) is 19.8. The standard InChI is InChI=1S/C20H22BrF3N4O2S/c1-2-6-26-7-8-27-16(12-26)13-28(18-10-15(21)11-25-19(18)27)31(29,30)17-5-3-4-14(9-17)20(22,23)24/h3-5,9-11,16H,2,6-8,12-13H2,1H3/t16-/m0/s1. The summed E-state index contributed by atoms with van der Waals surface area (Å²) in [5.74, 6) is 0.533. The minimum Gasteiger partial charge on any atom is -0.347 e. The molecular weight excluding hydrogens is 497 g/mol. The number of rotatable bonds is 4. The highest BCUT2D eigenvalue weighted by Gasteiger charge is 2.41. The number of hydrogen-bond donors (Lipinski definition) is 0. The summed E-state index contributed by atoms with van der Waals surface area (Å²) in [4.78, 5) is 8.46. The highest BCUT2D eigenvalue weighted by Crippen LogP contribution is 2.40. The third-order valence-electron chi connectivity index (χ3n) is 5.59. The van der Waals surface area contributed by atoms with Crippen molar-refractivity contribution in [3.05, 3.63) is 46.6 Å². The molecule has 0 aliphatic carbocycles. The number of alkyl halides is 3. The fraction of sp³-hybridized carbons (Fsp3) is 0.450. The number of hydrogen-bond acceptors (Lipinski definition) is 5. The van der Waals surface area contributed by atoms with E-state index in [4.69, 9.17) is 0 Å². The molecule has 0 saturated carbocycles. The Morgan fingerprint density at radius 1 is 1.19 bits per heavy atom. The number of anilines is 2. The van der Waals surface area contributed by atoms with Crippen LogP contribution in [0.3, 0.4) is 0 Å². The lowest BCUT2D eigenvalue weighted by atomic mass is 10.1. The summed E-state index contributed by atoms with van der Waals surface area (Å²) < 4.78 is 68.4. The SMILES string of the molecule is CCCN1CCN2c3ncc(Br)cc3N(S(=O)(=O)c3cccc(C(F)(F)F)c3)C[C@@H]2C1. The van der Waals surface area contributed by atoms with Gasteiger partial charge in [-0.05, 0) is 53.2 Å². The Morgan fingerprint density at radius 2 is 1.97 bits per heavy atom. The van der Waals surface area contributed by atoms with Crippen LogP contribution in [0.4, 0.5) is 24.7 Å². The summed E-state index contributed by atoms with van der Waals surface area (Å²) in [5.41, 5.74) is -0.626. The molecule has 11 heteroatoms. The van der Waals surface area contributed by atoms with Crippen molar-refractivity contribution in [2.24, 2.45) is 0 Å². The van der Waals surface area contributed by atoms with Crippen LogP contribution in [0.15, 0.2) is 45.9 Å². The summed E-state index contributed by atoms with van der Waals surface area (Å²) >= 11 is 3.34. The van der Waals surface area contributed by atoms with Gasteiger partial charge >= 0.3 is 6.18 Å². The Kier molecular flexibility index (Phi) is 5.95. The first kappa shape index (κ1) is 22.3. The molecule has 1 atom stereocenters. The molecule has 6 nitrogen and oxygen atoms in total. The average molecular weight is 519 g/mol. The highest BCUT2D eigenvalue weighted by atomic mass is 79.9. The lowest BCUT2D eigenvalue weighted by molar-refractivity contribution is -0.137. The van der Waals surface area contributed by atoms with Gasteiger partial charge < -0.3 is 4.90 Å². The Hall–Kier alpha value is -1.85. The molecule has 2 aliphatic heterocycles. The van der Waals surface area contributed by atoms with Crippen molar-refractivity contribution in [2.45, 2.75) is 30.5 Å². The number of nitrogens with zero attached hydrogens (tertiary/aromatic N) is 4. The predicted molar refractivity (Wildman–Crippen MR) is 116 cm³/mol. The quantitative estimate of drug-likeness (QED) is 0.612. The average Bonchev–Trinajstić information content (AvgIpc) is 2.72. The zero-order valence-electron chi connectivity index (χ0n) is 16.8. The van der Waals surface area contributed by atoms with Gasteiger partial charge in [0.15, 0.2) is 5.82 Å². The minimum atomic E-state index is -4.63. The van der Waals surface area contributed by atoms with Crippen molar-refractivity contribution in [2.75, 3.05) is 41.9 Å². The van der Waals surface area contributed by atoms with Crippen LogP contribution in [-0.2, 0) is 16.2 Å². The van der Waals surface area contributed by atoms with E-state index in [1.165, 1.54) is 10.4 Å². The monoisotopic (exact) mass is 518 g/mol. The Morgan fingerprint density at radius 3 is 2.68 bits per heavy atom. The van der Waals surface area contributed by atoms with Crippen LogP contribution in [-0.4, -0.2) is 57.1 Å². The van der Waals surface area contributed by atoms with E-state index < -0.39 is 21.8 Å². The minimum absolute atomic E-state index is 0.137. The first-order valence-corrected chi connectivity index (χ1v) is 12.2. The first-order chi connectivity index (χ1) is 14.6. The molecule has 3 heterocycles. The van der Waals surface area contributed by atoms with Gasteiger partial charge in [0, 0.05) is 30.3 Å². The molecule has 1 aromatic heterocycles. The van der Waals surface area contributed by atoms with E-state index in [1.54, 1.807) is 12.3 Å². The first-order valence-electron chi connectivity index (χ1n) is 9.96. The van der Waals surface area contributed by atoms with Crippen LogP contribution in [0, 0.1) is 0 Å². The van der Waals surface area contributed by atoms with Crippen LogP contribution >= 0.6 is 15.9 Å². The molecule has 0 N–H and O–H groups in total. The highest BCUT2D eigenvalue weighted by molar-refractivity contribution is 9.10. The predicted octanol–water partition coefficient (Wildman–Crippen LogP) is 3.97. The van der Waals surface area contributed by atoms with Crippen molar-refractivity contribution in [3.63, 3.8) is 0 Å². The molecule has 2 aliphatic rings. The number of sulfonamides is 1. The Labute approximate surface area is 187 Å². The second-order valence-corrected chi connectivity index (χ2v) is 10.5. The summed E-state index contributed by atoms with van der Waals surface area (Å²) in [7, 11) is -4.23. The number of halogens is 4. The maximum absolute atomic E-state index is 13.5. The molecule has 0 bridgehead atoms. The van der Waals surface area contributed by atoms with Gasteiger partial charge in [-0.15, -0.1) is 0 Å². The third-order valence-corrected chi connectivity index (χ3v) is 7.80. The van der Waals surface area contributed by atoms with Gasteiger partial charge in [-0.2, -0.15) is 13.2 Å². The molecule has 0 amide bonds. The molecular formula is C20H22BrF3N4O2S. The zero-order valence-corrected chi connectivity index (χ0v) is 19.2. The van der Waals surface area contributed by atoms with E-state index in [-0.39, 0.29) is 17.5 Å². The molecule has 0 unspecified atom stereocenters. The van der Waals surface area contributed by atoms with Gasteiger partial charge in [-0.1, -0.05) is 13.0 Å². The second-order valence-electron chi connectivity index (χ2n) is 7.71. The summed E-state index contributed by atoms with van der Waals surface area (Å²) in [6.45, 7) is 5.37. The number of benzene rings is 1. The molecule has 0 radical (unpaired) electrons. The van der Waals surface area contributed by atoms with Gasteiger partial charge in [0.2, 0.25) is 0 Å². The van der Waals surface area contributed by atoms with Gasteiger partial charge in [-0.25, -0.2) is 13.4 Å². The van der Waals surface area contributed by atoms with Crippen molar-refractivity contribution < 1.29 is 21.6 Å². The van der Waals surface area contributed by atoms with Crippen molar-refractivity contribution in [1.82, 2.24) is 9.88 Å². The lowest BCUT2D eigenvalue weighted by Crippen LogP contribution is -2.60. The number of piperazine rings is 1. The van der Waals surface area contributed by atoms with Crippen LogP contribution in [0.1, 0.15) is 18.9 Å². The molecule has 31 heavy (non-hydrogen) atoms. The fourth-order valence-corrected chi connectivity index (χ4v) is 6.04. The molecule has 2 aromatic rings. The van der Waals surface area contributed by atoms with Gasteiger partial charge in [0.05, 0.1) is 28.7 Å². The molecule has 4 rings (SSSR count). The van der Waals surface area contributed by atoms with E-state index >= 15 is 0 Å². The maximum Gasteiger partial charge on any atom is 0.416 e. The van der Waals surface area contributed by atoms with E-state index in [0.29, 0.717) is 35.1 Å². The van der Waals surface area contributed by atoms with Crippen molar-refractivity contribution in [1.29, 1.82) is 0 Å².